The van der Waals surface area contributed by atoms with Crippen LogP contribution in [0.5, 0.6) is 0 Å². The first kappa shape index (κ1) is 14.0. The van der Waals surface area contributed by atoms with Crippen molar-refractivity contribution in [2.24, 2.45) is 0 Å². The van der Waals surface area contributed by atoms with E-state index in [-0.39, 0.29) is 11.9 Å². The van der Waals surface area contributed by atoms with Gasteiger partial charge in [0.2, 0.25) is 0 Å². The van der Waals surface area contributed by atoms with E-state index >= 15 is 0 Å². The van der Waals surface area contributed by atoms with Gasteiger partial charge in [-0.1, -0.05) is 6.07 Å². The predicted molar refractivity (Wildman–Crippen MR) is 73.3 cm³/mol. The van der Waals surface area contributed by atoms with Crippen LogP contribution in [0.15, 0.2) is 24.5 Å². The van der Waals surface area contributed by atoms with Crippen LogP contribution in [-0.4, -0.2) is 45.1 Å². The van der Waals surface area contributed by atoms with Gasteiger partial charge in [-0.2, -0.15) is 0 Å². The van der Waals surface area contributed by atoms with Crippen LogP contribution >= 0.6 is 0 Å². The number of rotatable bonds is 5. The third kappa shape index (κ3) is 3.21. The second-order valence-electron chi connectivity index (χ2n) is 5.59. The summed E-state index contributed by atoms with van der Waals surface area (Å²) in [4.78, 5) is 29.4. The van der Waals surface area contributed by atoms with Gasteiger partial charge in [-0.25, -0.2) is 4.79 Å². The van der Waals surface area contributed by atoms with Gasteiger partial charge in [0.05, 0.1) is 0 Å². The average Bonchev–Trinajstić information content (AvgIpc) is 3.20. The Morgan fingerprint density at radius 2 is 2.05 bits per heavy atom. The summed E-state index contributed by atoms with van der Waals surface area (Å²) in [5.41, 5.74) is 0.977. The van der Waals surface area contributed by atoms with Gasteiger partial charge in [0.25, 0.3) is 5.91 Å². The van der Waals surface area contributed by atoms with E-state index in [1.807, 2.05) is 17.0 Å². The van der Waals surface area contributed by atoms with E-state index < -0.39 is 18.2 Å². The second-order valence-corrected chi connectivity index (χ2v) is 5.59. The molecule has 1 saturated carbocycles. The van der Waals surface area contributed by atoms with E-state index in [9.17, 15) is 9.59 Å². The highest BCUT2D eigenvalue weighted by Crippen LogP contribution is 2.31. The molecule has 0 radical (unpaired) electrons. The summed E-state index contributed by atoms with van der Waals surface area (Å²) in [6.07, 6.45) is 4.86. The highest BCUT2D eigenvalue weighted by molar-refractivity contribution is 5.83. The SMILES string of the molecule is O=C(O)[C@H]1CC[C@@H](C(=O)N(Cc2cccnc2)C2CC2)O1. The van der Waals surface area contributed by atoms with Crippen LogP contribution in [0.2, 0.25) is 0 Å². The van der Waals surface area contributed by atoms with Crippen LogP contribution < -0.4 is 0 Å². The molecule has 1 saturated heterocycles. The standard InChI is InChI=1S/C15H18N2O4/c18-14(12-5-6-13(21-12)15(19)20)17(11-3-4-11)9-10-2-1-7-16-8-10/h1-2,7-8,11-13H,3-6,9H2,(H,19,20)/t12-,13+/m0/s1. The molecule has 1 aromatic rings. The van der Waals surface area contributed by atoms with Gasteiger partial charge < -0.3 is 14.7 Å². The minimum absolute atomic E-state index is 0.0925. The normalized spacial score (nSPS) is 24.8. The fraction of sp³-hybridized carbons (Fsp3) is 0.533. The Morgan fingerprint density at radius 3 is 2.62 bits per heavy atom. The van der Waals surface area contributed by atoms with Crippen molar-refractivity contribution in [3.8, 4) is 0 Å². The number of hydrogen-bond donors (Lipinski definition) is 1. The summed E-state index contributed by atoms with van der Waals surface area (Å²) in [5.74, 6) is -1.08. The molecule has 0 unspecified atom stereocenters. The zero-order valence-electron chi connectivity index (χ0n) is 11.6. The summed E-state index contributed by atoms with van der Waals surface area (Å²) in [7, 11) is 0. The molecule has 1 aliphatic heterocycles. The van der Waals surface area contributed by atoms with Gasteiger partial charge in [-0.15, -0.1) is 0 Å². The Balaban J connectivity index is 1.67. The minimum atomic E-state index is -0.990. The minimum Gasteiger partial charge on any atom is -0.479 e. The van der Waals surface area contributed by atoms with Crippen LogP contribution in [0.3, 0.4) is 0 Å². The number of nitrogens with zero attached hydrogens (tertiary/aromatic N) is 2. The number of aromatic nitrogens is 1. The van der Waals surface area contributed by atoms with Crippen molar-refractivity contribution in [1.29, 1.82) is 0 Å². The van der Waals surface area contributed by atoms with E-state index in [1.165, 1.54) is 0 Å². The first-order chi connectivity index (χ1) is 10.1. The van der Waals surface area contributed by atoms with Gasteiger partial charge >= 0.3 is 5.97 Å². The van der Waals surface area contributed by atoms with Gasteiger partial charge in [-0.3, -0.25) is 9.78 Å². The van der Waals surface area contributed by atoms with Gasteiger partial charge in [0.15, 0.2) is 6.10 Å². The predicted octanol–water partition coefficient (Wildman–Crippen LogP) is 1.20. The first-order valence-corrected chi connectivity index (χ1v) is 7.23. The first-order valence-electron chi connectivity index (χ1n) is 7.23. The zero-order valence-corrected chi connectivity index (χ0v) is 11.6. The number of aliphatic carboxylic acids is 1. The van der Waals surface area contributed by atoms with Crippen LogP contribution in [0, 0.1) is 0 Å². The van der Waals surface area contributed by atoms with E-state index in [2.05, 4.69) is 4.98 Å². The molecule has 1 aromatic heterocycles. The topological polar surface area (TPSA) is 79.7 Å². The molecule has 1 aliphatic carbocycles. The van der Waals surface area contributed by atoms with Gasteiger partial charge in [-0.05, 0) is 37.3 Å². The van der Waals surface area contributed by atoms with Gasteiger partial charge in [0, 0.05) is 25.0 Å². The average molecular weight is 290 g/mol. The fourth-order valence-corrected chi connectivity index (χ4v) is 2.65. The number of carbonyl (C=O) groups excluding carboxylic acids is 1. The Hall–Kier alpha value is -1.95. The lowest BCUT2D eigenvalue weighted by molar-refractivity contribution is -0.155. The maximum atomic E-state index is 12.6. The van der Waals surface area contributed by atoms with E-state index in [4.69, 9.17) is 9.84 Å². The molecule has 2 fully saturated rings. The Labute approximate surface area is 122 Å². The number of pyridine rings is 1. The molecule has 0 spiro atoms. The second kappa shape index (κ2) is 5.81. The lowest BCUT2D eigenvalue weighted by Gasteiger charge is -2.25. The molecule has 6 heteroatoms. The van der Waals surface area contributed by atoms with Crippen molar-refractivity contribution in [3.63, 3.8) is 0 Å². The molecular weight excluding hydrogens is 272 g/mol. The van der Waals surface area contributed by atoms with Crippen LogP contribution in [-0.2, 0) is 20.9 Å². The Kier molecular flexibility index (Phi) is 3.88. The van der Waals surface area contributed by atoms with Crippen molar-refractivity contribution in [2.45, 2.75) is 50.5 Å². The number of carboxylic acids is 1. The molecule has 112 valence electrons. The largest absolute Gasteiger partial charge is 0.479 e. The molecular formula is C15H18N2O4. The quantitative estimate of drug-likeness (QED) is 0.881. The summed E-state index contributed by atoms with van der Waals surface area (Å²) in [6, 6.07) is 4.04. The van der Waals surface area contributed by atoms with Crippen molar-refractivity contribution in [2.75, 3.05) is 0 Å². The maximum Gasteiger partial charge on any atom is 0.332 e. The lowest BCUT2D eigenvalue weighted by atomic mass is 10.1. The fourth-order valence-electron chi connectivity index (χ4n) is 2.65. The molecule has 21 heavy (non-hydrogen) atoms. The molecule has 0 bridgehead atoms. The number of carbonyl (C=O) groups is 2. The van der Waals surface area contributed by atoms with E-state index in [0.717, 1.165) is 18.4 Å². The summed E-state index contributed by atoms with van der Waals surface area (Å²) >= 11 is 0. The van der Waals surface area contributed by atoms with Crippen LogP contribution in [0.1, 0.15) is 31.2 Å². The molecule has 0 aromatic carbocycles. The Morgan fingerprint density at radius 1 is 1.29 bits per heavy atom. The molecule has 1 amide bonds. The third-order valence-corrected chi connectivity index (χ3v) is 3.92. The molecule has 1 N–H and O–H groups in total. The molecule has 6 nitrogen and oxygen atoms in total. The van der Waals surface area contributed by atoms with E-state index in [0.29, 0.717) is 19.4 Å². The summed E-state index contributed by atoms with van der Waals surface area (Å²) < 4.78 is 5.37. The summed E-state index contributed by atoms with van der Waals surface area (Å²) in [6.45, 7) is 0.509. The number of ether oxygens (including phenoxy) is 1. The van der Waals surface area contributed by atoms with Gasteiger partial charge in [0.1, 0.15) is 6.10 Å². The molecule has 3 rings (SSSR count). The molecule has 2 heterocycles. The third-order valence-electron chi connectivity index (χ3n) is 3.92. The van der Waals surface area contributed by atoms with Crippen molar-refractivity contribution in [1.82, 2.24) is 9.88 Å². The Bertz CT molecular complexity index is 530. The number of carboxylic acid groups (broad SMARTS) is 1. The highest BCUT2D eigenvalue weighted by atomic mass is 16.5. The van der Waals surface area contributed by atoms with Crippen molar-refractivity contribution in [3.05, 3.63) is 30.1 Å². The molecule has 2 aliphatic rings. The van der Waals surface area contributed by atoms with Crippen LogP contribution in [0.4, 0.5) is 0 Å². The molecule has 2 atom stereocenters. The zero-order chi connectivity index (χ0) is 14.8. The van der Waals surface area contributed by atoms with E-state index in [1.54, 1.807) is 12.4 Å². The highest BCUT2D eigenvalue weighted by Gasteiger charge is 2.41. The van der Waals surface area contributed by atoms with Crippen LogP contribution in [0.25, 0.3) is 0 Å². The monoisotopic (exact) mass is 290 g/mol. The number of amides is 1. The van der Waals surface area contributed by atoms with Crippen molar-refractivity contribution < 1.29 is 19.4 Å². The number of hydrogen-bond acceptors (Lipinski definition) is 4. The lowest BCUT2D eigenvalue weighted by Crippen LogP contribution is -2.40. The maximum absolute atomic E-state index is 12.6. The van der Waals surface area contributed by atoms with Crippen molar-refractivity contribution >= 4 is 11.9 Å². The smallest absolute Gasteiger partial charge is 0.332 e. The summed E-state index contributed by atoms with van der Waals surface area (Å²) in [5, 5.41) is 8.95.